The molecule has 116 valence electrons. The largest absolute Gasteiger partial charge is 0.361 e. The molecule has 5 nitrogen and oxygen atoms in total. The van der Waals surface area contributed by atoms with Crippen molar-refractivity contribution < 1.29 is 9.32 Å². The molecule has 0 N–H and O–H groups in total. The fourth-order valence-electron chi connectivity index (χ4n) is 3.12. The SMILES string of the molecule is Cc1cc(CC(=O)N2CCCN(C3CCSC3)CC2)on1. The molecule has 0 spiro atoms. The van der Waals surface area contributed by atoms with Gasteiger partial charge in [-0.3, -0.25) is 9.69 Å². The van der Waals surface area contributed by atoms with Crippen molar-refractivity contribution in [3.63, 3.8) is 0 Å². The van der Waals surface area contributed by atoms with Crippen LogP contribution in [-0.4, -0.2) is 64.6 Å². The summed E-state index contributed by atoms with van der Waals surface area (Å²) in [6.07, 6.45) is 2.71. The number of carbonyl (C=O) groups excluding carboxylic acids is 1. The quantitative estimate of drug-likeness (QED) is 0.848. The summed E-state index contributed by atoms with van der Waals surface area (Å²) in [6, 6.07) is 2.57. The summed E-state index contributed by atoms with van der Waals surface area (Å²) in [4.78, 5) is 16.9. The lowest BCUT2D eigenvalue weighted by atomic mass is 10.2. The average Bonchev–Trinajstić information content (AvgIpc) is 3.06. The van der Waals surface area contributed by atoms with Gasteiger partial charge in [0.15, 0.2) is 0 Å². The van der Waals surface area contributed by atoms with Crippen molar-refractivity contribution in [3.8, 4) is 0 Å². The second-order valence-electron chi connectivity index (χ2n) is 5.90. The van der Waals surface area contributed by atoms with E-state index >= 15 is 0 Å². The maximum absolute atomic E-state index is 12.4. The molecule has 0 radical (unpaired) electrons. The minimum Gasteiger partial charge on any atom is -0.361 e. The van der Waals surface area contributed by atoms with Gasteiger partial charge in [-0.05, 0) is 25.5 Å². The molecule has 0 aromatic carbocycles. The summed E-state index contributed by atoms with van der Waals surface area (Å²) in [6.45, 7) is 5.71. The van der Waals surface area contributed by atoms with Gasteiger partial charge in [0, 0.05) is 44.0 Å². The van der Waals surface area contributed by atoms with Crippen LogP contribution in [0.25, 0.3) is 0 Å². The van der Waals surface area contributed by atoms with E-state index in [4.69, 9.17) is 4.52 Å². The van der Waals surface area contributed by atoms with E-state index in [1.807, 2.05) is 17.9 Å². The molecule has 21 heavy (non-hydrogen) atoms. The van der Waals surface area contributed by atoms with Crippen molar-refractivity contribution in [1.29, 1.82) is 0 Å². The maximum atomic E-state index is 12.4. The molecule has 1 atom stereocenters. The van der Waals surface area contributed by atoms with Crippen molar-refractivity contribution in [2.24, 2.45) is 0 Å². The third kappa shape index (κ3) is 3.80. The van der Waals surface area contributed by atoms with Gasteiger partial charge >= 0.3 is 0 Å². The van der Waals surface area contributed by atoms with Crippen molar-refractivity contribution in [2.45, 2.75) is 32.2 Å². The van der Waals surface area contributed by atoms with E-state index < -0.39 is 0 Å². The number of hydrogen-bond acceptors (Lipinski definition) is 5. The normalized spacial score (nSPS) is 24.2. The van der Waals surface area contributed by atoms with Crippen LogP contribution in [0, 0.1) is 6.92 Å². The van der Waals surface area contributed by atoms with Gasteiger partial charge in [0.05, 0.1) is 12.1 Å². The third-order valence-electron chi connectivity index (χ3n) is 4.31. The fourth-order valence-corrected chi connectivity index (χ4v) is 4.38. The van der Waals surface area contributed by atoms with E-state index in [9.17, 15) is 4.79 Å². The number of amides is 1. The molecule has 2 fully saturated rings. The van der Waals surface area contributed by atoms with E-state index in [0.717, 1.165) is 44.3 Å². The number of rotatable bonds is 3. The van der Waals surface area contributed by atoms with Crippen LogP contribution in [0.2, 0.25) is 0 Å². The Hall–Kier alpha value is -1.01. The summed E-state index contributed by atoms with van der Waals surface area (Å²) < 4.78 is 5.15. The Balaban J connectivity index is 1.53. The Morgan fingerprint density at radius 1 is 1.43 bits per heavy atom. The highest BCUT2D eigenvalue weighted by Gasteiger charge is 2.26. The number of aryl methyl sites for hydroxylation is 1. The molecule has 2 aliphatic rings. The van der Waals surface area contributed by atoms with Crippen molar-refractivity contribution in [2.75, 3.05) is 37.7 Å². The minimum absolute atomic E-state index is 0.161. The number of hydrogen-bond donors (Lipinski definition) is 0. The predicted molar refractivity (Wildman–Crippen MR) is 83.4 cm³/mol. The first-order valence-electron chi connectivity index (χ1n) is 7.74. The lowest BCUT2D eigenvalue weighted by Gasteiger charge is -2.26. The van der Waals surface area contributed by atoms with Gasteiger partial charge in [-0.15, -0.1) is 0 Å². The summed E-state index contributed by atoms with van der Waals surface area (Å²) >= 11 is 2.05. The zero-order valence-electron chi connectivity index (χ0n) is 12.6. The fraction of sp³-hybridized carbons (Fsp3) is 0.733. The lowest BCUT2D eigenvalue weighted by molar-refractivity contribution is -0.130. The molecular formula is C15H23N3O2S. The van der Waals surface area contributed by atoms with Gasteiger partial charge in [-0.2, -0.15) is 11.8 Å². The Kier molecular flexibility index (Phi) is 4.85. The molecule has 3 heterocycles. The van der Waals surface area contributed by atoms with Crippen LogP contribution < -0.4 is 0 Å². The number of carbonyl (C=O) groups is 1. The van der Waals surface area contributed by atoms with E-state index in [0.29, 0.717) is 12.2 Å². The highest BCUT2D eigenvalue weighted by Crippen LogP contribution is 2.23. The zero-order chi connectivity index (χ0) is 14.7. The molecule has 3 rings (SSSR count). The summed E-state index contributed by atoms with van der Waals surface area (Å²) in [5.74, 6) is 3.37. The van der Waals surface area contributed by atoms with Crippen LogP contribution in [0.3, 0.4) is 0 Å². The maximum Gasteiger partial charge on any atom is 0.230 e. The van der Waals surface area contributed by atoms with Gasteiger partial charge in [0.25, 0.3) is 0 Å². The van der Waals surface area contributed by atoms with Gasteiger partial charge in [-0.1, -0.05) is 5.16 Å². The number of thioether (sulfide) groups is 1. The highest BCUT2D eigenvalue weighted by atomic mass is 32.2. The molecule has 1 aromatic heterocycles. The Morgan fingerprint density at radius 3 is 3.05 bits per heavy atom. The second kappa shape index (κ2) is 6.83. The summed E-state index contributed by atoms with van der Waals surface area (Å²) in [7, 11) is 0. The van der Waals surface area contributed by atoms with Crippen LogP contribution in [0.1, 0.15) is 24.3 Å². The first-order chi connectivity index (χ1) is 10.2. The molecule has 1 aromatic rings. The molecule has 6 heteroatoms. The van der Waals surface area contributed by atoms with Gasteiger partial charge in [0.2, 0.25) is 5.91 Å². The van der Waals surface area contributed by atoms with Crippen molar-refractivity contribution >= 4 is 17.7 Å². The first kappa shape index (κ1) is 14.9. The topological polar surface area (TPSA) is 49.6 Å². The standard InChI is InChI=1S/C15H23N3O2S/c1-12-9-14(20-16-12)10-15(19)18-5-2-4-17(6-7-18)13-3-8-21-11-13/h9,13H,2-8,10-11H2,1H3. The molecule has 0 saturated carbocycles. The van der Waals surface area contributed by atoms with Gasteiger partial charge in [0.1, 0.15) is 5.76 Å². The summed E-state index contributed by atoms with van der Waals surface area (Å²) in [5.41, 5.74) is 0.832. The van der Waals surface area contributed by atoms with Crippen molar-refractivity contribution in [1.82, 2.24) is 15.0 Å². The first-order valence-corrected chi connectivity index (χ1v) is 8.89. The third-order valence-corrected chi connectivity index (χ3v) is 5.45. The molecule has 0 bridgehead atoms. The summed E-state index contributed by atoms with van der Waals surface area (Å²) in [5, 5.41) is 3.84. The molecule has 1 unspecified atom stereocenters. The molecule has 0 aliphatic carbocycles. The molecule has 2 saturated heterocycles. The van der Waals surface area contributed by atoms with Crippen LogP contribution in [0.4, 0.5) is 0 Å². The second-order valence-corrected chi connectivity index (χ2v) is 7.05. The Bertz CT molecular complexity index is 485. The molecule has 2 aliphatic heterocycles. The van der Waals surface area contributed by atoms with Crippen LogP contribution in [-0.2, 0) is 11.2 Å². The smallest absolute Gasteiger partial charge is 0.230 e. The molecular weight excluding hydrogens is 286 g/mol. The van der Waals surface area contributed by atoms with E-state index in [1.165, 1.54) is 17.9 Å². The lowest BCUT2D eigenvalue weighted by Crippen LogP contribution is -2.39. The van der Waals surface area contributed by atoms with Gasteiger partial charge in [-0.25, -0.2) is 0 Å². The zero-order valence-corrected chi connectivity index (χ0v) is 13.4. The Labute approximate surface area is 130 Å². The predicted octanol–water partition coefficient (Wildman–Crippen LogP) is 1.57. The van der Waals surface area contributed by atoms with Crippen LogP contribution >= 0.6 is 11.8 Å². The highest BCUT2D eigenvalue weighted by molar-refractivity contribution is 7.99. The van der Waals surface area contributed by atoms with Crippen LogP contribution in [0.15, 0.2) is 10.6 Å². The van der Waals surface area contributed by atoms with E-state index in [-0.39, 0.29) is 5.91 Å². The van der Waals surface area contributed by atoms with E-state index in [2.05, 4.69) is 21.8 Å². The van der Waals surface area contributed by atoms with Crippen LogP contribution in [0.5, 0.6) is 0 Å². The van der Waals surface area contributed by atoms with E-state index in [1.54, 1.807) is 0 Å². The van der Waals surface area contributed by atoms with Crippen molar-refractivity contribution in [3.05, 3.63) is 17.5 Å². The number of nitrogens with zero attached hydrogens (tertiary/aromatic N) is 3. The minimum atomic E-state index is 0.161. The number of aromatic nitrogens is 1. The van der Waals surface area contributed by atoms with Gasteiger partial charge < -0.3 is 9.42 Å². The molecule has 1 amide bonds. The monoisotopic (exact) mass is 309 g/mol. The Morgan fingerprint density at radius 2 is 2.33 bits per heavy atom. The average molecular weight is 309 g/mol.